The fraction of sp³-hybridized carbons (Fsp3) is 0.769. The number of hydrogen-bond donors (Lipinski definition) is 1. The highest BCUT2D eigenvalue weighted by atomic mass is 16.3. The van der Waals surface area contributed by atoms with E-state index in [2.05, 4.69) is 12.0 Å². The lowest BCUT2D eigenvalue weighted by molar-refractivity contribution is 0.0750. The standard InChI is InChI=1S/C13H22N2O/c1-9-4-6-11(7-5-9)13(16)12-8-15(3)14-10(12)2/h8-9,11,13,16H,4-7H2,1-3H3. The van der Waals surface area contributed by atoms with Crippen molar-refractivity contribution in [2.45, 2.75) is 45.6 Å². The zero-order valence-electron chi connectivity index (χ0n) is 10.5. The maximum Gasteiger partial charge on any atom is 0.0851 e. The predicted molar refractivity (Wildman–Crippen MR) is 64.0 cm³/mol. The maximum atomic E-state index is 10.4. The third kappa shape index (κ3) is 2.29. The highest BCUT2D eigenvalue weighted by Gasteiger charge is 2.27. The summed E-state index contributed by atoms with van der Waals surface area (Å²) in [6.07, 6.45) is 6.44. The van der Waals surface area contributed by atoms with E-state index in [1.165, 1.54) is 12.8 Å². The van der Waals surface area contributed by atoms with Gasteiger partial charge < -0.3 is 5.11 Å². The molecule has 0 aromatic carbocycles. The third-order valence-corrected chi connectivity index (χ3v) is 3.88. The van der Waals surface area contributed by atoms with Crippen molar-refractivity contribution in [2.75, 3.05) is 0 Å². The average molecular weight is 222 g/mol. The predicted octanol–water partition coefficient (Wildman–Crippen LogP) is 2.59. The van der Waals surface area contributed by atoms with E-state index in [4.69, 9.17) is 0 Å². The van der Waals surface area contributed by atoms with Gasteiger partial charge in [0.1, 0.15) is 0 Å². The van der Waals surface area contributed by atoms with Gasteiger partial charge in [-0.25, -0.2) is 0 Å². The molecule has 1 atom stereocenters. The lowest BCUT2D eigenvalue weighted by Gasteiger charge is -2.29. The van der Waals surface area contributed by atoms with Crippen LogP contribution in [0.5, 0.6) is 0 Å². The summed E-state index contributed by atoms with van der Waals surface area (Å²) < 4.78 is 1.79. The fourth-order valence-electron chi connectivity index (χ4n) is 2.76. The minimum Gasteiger partial charge on any atom is -0.388 e. The molecule has 1 aromatic rings. The Kier molecular flexibility index (Phi) is 3.33. The smallest absolute Gasteiger partial charge is 0.0851 e. The van der Waals surface area contributed by atoms with Crippen molar-refractivity contribution >= 4 is 0 Å². The fourth-order valence-corrected chi connectivity index (χ4v) is 2.76. The van der Waals surface area contributed by atoms with Crippen LogP contribution in [0.4, 0.5) is 0 Å². The summed E-state index contributed by atoms with van der Waals surface area (Å²) in [7, 11) is 1.91. The molecule has 1 aliphatic carbocycles. The van der Waals surface area contributed by atoms with Crippen LogP contribution in [0.2, 0.25) is 0 Å². The molecule has 3 nitrogen and oxygen atoms in total. The molecule has 1 aromatic heterocycles. The first-order valence-electron chi connectivity index (χ1n) is 6.26. The molecular weight excluding hydrogens is 200 g/mol. The summed E-state index contributed by atoms with van der Waals surface area (Å²) in [6.45, 7) is 4.28. The van der Waals surface area contributed by atoms with Crippen molar-refractivity contribution < 1.29 is 5.11 Å². The number of aryl methyl sites for hydroxylation is 2. The first-order chi connectivity index (χ1) is 7.58. The van der Waals surface area contributed by atoms with Crippen LogP contribution in [0, 0.1) is 18.8 Å². The second kappa shape index (κ2) is 4.58. The number of aliphatic hydroxyl groups excluding tert-OH is 1. The Bertz CT molecular complexity index is 351. The van der Waals surface area contributed by atoms with Gasteiger partial charge in [0.2, 0.25) is 0 Å². The van der Waals surface area contributed by atoms with E-state index in [9.17, 15) is 5.11 Å². The SMILES string of the molecule is Cc1nn(C)cc1C(O)C1CCC(C)CC1. The lowest BCUT2D eigenvalue weighted by atomic mass is 9.78. The van der Waals surface area contributed by atoms with E-state index in [-0.39, 0.29) is 6.10 Å². The summed E-state index contributed by atoms with van der Waals surface area (Å²) in [4.78, 5) is 0. The molecule has 1 saturated carbocycles. The molecule has 16 heavy (non-hydrogen) atoms. The van der Waals surface area contributed by atoms with Gasteiger partial charge in [-0.3, -0.25) is 4.68 Å². The number of hydrogen-bond acceptors (Lipinski definition) is 2. The molecule has 1 N–H and O–H groups in total. The minimum atomic E-state index is -0.318. The topological polar surface area (TPSA) is 38.0 Å². The number of rotatable bonds is 2. The summed E-state index contributed by atoms with van der Waals surface area (Å²) in [5, 5.41) is 14.7. The van der Waals surface area contributed by atoms with Crippen LogP contribution in [-0.4, -0.2) is 14.9 Å². The Hall–Kier alpha value is -0.830. The van der Waals surface area contributed by atoms with Crippen molar-refractivity contribution in [3.05, 3.63) is 17.5 Å². The Morgan fingerprint density at radius 2 is 2.00 bits per heavy atom. The van der Waals surface area contributed by atoms with Crippen LogP contribution in [-0.2, 0) is 7.05 Å². The van der Waals surface area contributed by atoms with Crippen LogP contribution in [0.15, 0.2) is 6.20 Å². The van der Waals surface area contributed by atoms with E-state index in [0.717, 1.165) is 30.0 Å². The van der Waals surface area contributed by atoms with Crippen molar-refractivity contribution in [3.63, 3.8) is 0 Å². The van der Waals surface area contributed by atoms with Crippen LogP contribution in [0.3, 0.4) is 0 Å². The molecule has 0 radical (unpaired) electrons. The summed E-state index contributed by atoms with van der Waals surface area (Å²) >= 11 is 0. The van der Waals surface area contributed by atoms with Gasteiger partial charge in [-0.05, 0) is 31.6 Å². The van der Waals surface area contributed by atoms with Crippen LogP contribution < -0.4 is 0 Å². The van der Waals surface area contributed by atoms with Gasteiger partial charge in [0.05, 0.1) is 11.8 Å². The molecule has 0 spiro atoms. The molecule has 1 aliphatic rings. The van der Waals surface area contributed by atoms with Crippen LogP contribution in [0.1, 0.15) is 50.0 Å². The first kappa shape index (κ1) is 11.6. The number of aliphatic hydroxyl groups is 1. The van der Waals surface area contributed by atoms with Crippen LogP contribution >= 0.6 is 0 Å². The zero-order chi connectivity index (χ0) is 11.7. The molecule has 0 amide bonds. The molecule has 1 unspecified atom stereocenters. The maximum absolute atomic E-state index is 10.4. The Balaban J connectivity index is 2.07. The first-order valence-corrected chi connectivity index (χ1v) is 6.26. The molecule has 1 fully saturated rings. The largest absolute Gasteiger partial charge is 0.388 e. The highest BCUT2D eigenvalue weighted by Crippen LogP contribution is 2.37. The van der Waals surface area contributed by atoms with Gasteiger partial charge in [0.25, 0.3) is 0 Å². The van der Waals surface area contributed by atoms with Crippen molar-refractivity contribution in [1.82, 2.24) is 9.78 Å². The van der Waals surface area contributed by atoms with Crippen LogP contribution in [0.25, 0.3) is 0 Å². The van der Waals surface area contributed by atoms with Gasteiger partial charge in [-0.2, -0.15) is 5.10 Å². The minimum absolute atomic E-state index is 0.318. The lowest BCUT2D eigenvalue weighted by Crippen LogP contribution is -2.19. The van der Waals surface area contributed by atoms with Gasteiger partial charge in [-0.1, -0.05) is 19.8 Å². The highest BCUT2D eigenvalue weighted by molar-refractivity contribution is 5.19. The third-order valence-electron chi connectivity index (χ3n) is 3.88. The quantitative estimate of drug-likeness (QED) is 0.835. The summed E-state index contributed by atoms with van der Waals surface area (Å²) in [5.41, 5.74) is 1.98. The van der Waals surface area contributed by atoms with Crippen molar-refractivity contribution in [1.29, 1.82) is 0 Å². The molecule has 0 saturated heterocycles. The molecule has 2 rings (SSSR count). The molecule has 0 bridgehead atoms. The monoisotopic (exact) mass is 222 g/mol. The normalized spacial score (nSPS) is 28.0. The average Bonchev–Trinajstić information content (AvgIpc) is 2.58. The van der Waals surface area contributed by atoms with E-state index < -0.39 is 0 Å². The summed E-state index contributed by atoms with van der Waals surface area (Å²) in [6, 6.07) is 0. The zero-order valence-corrected chi connectivity index (χ0v) is 10.5. The van der Waals surface area contributed by atoms with E-state index in [1.807, 2.05) is 20.2 Å². The Morgan fingerprint density at radius 3 is 2.50 bits per heavy atom. The Labute approximate surface area is 97.5 Å². The van der Waals surface area contributed by atoms with Gasteiger partial charge in [0.15, 0.2) is 0 Å². The van der Waals surface area contributed by atoms with Crippen molar-refractivity contribution in [3.8, 4) is 0 Å². The van der Waals surface area contributed by atoms with E-state index in [1.54, 1.807) is 4.68 Å². The molecule has 90 valence electrons. The van der Waals surface area contributed by atoms with Gasteiger partial charge >= 0.3 is 0 Å². The second-order valence-electron chi connectivity index (χ2n) is 5.31. The van der Waals surface area contributed by atoms with E-state index >= 15 is 0 Å². The molecule has 0 aliphatic heterocycles. The van der Waals surface area contributed by atoms with Gasteiger partial charge in [0, 0.05) is 18.8 Å². The molecule has 1 heterocycles. The second-order valence-corrected chi connectivity index (χ2v) is 5.31. The Morgan fingerprint density at radius 1 is 1.38 bits per heavy atom. The molecular formula is C13H22N2O. The number of aromatic nitrogens is 2. The number of nitrogens with zero attached hydrogens (tertiary/aromatic N) is 2. The molecule has 3 heteroatoms. The van der Waals surface area contributed by atoms with Gasteiger partial charge in [-0.15, -0.1) is 0 Å². The summed E-state index contributed by atoms with van der Waals surface area (Å²) in [5.74, 6) is 1.26. The van der Waals surface area contributed by atoms with E-state index in [0.29, 0.717) is 5.92 Å². The van der Waals surface area contributed by atoms with Crippen molar-refractivity contribution in [2.24, 2.45) is 18.9 Å².